The van der Waals surface area contributed by atoms with Gasteiger partial charge in [0, 0.05) is 0 Å². The summed E-state index contributed by atoms with van der Waals surface area (Å²) in [4.78, 5) is 11.0. The predicted octanol–water partition coefficient (Wildman–Crippen LogP) is 2.69. The van der Waals surface area contributed by atoms with Gasteiger partial charge >= 0.3 is 12.1 Å². The standard InChI is InChI=1S/C9H13F3O2/c1-4-6(3)7(9(10,11)12)8(13)14-5-2/h7H,3-5H2,1-2H3. The SMILES string of the molecule is C=C(CC)C(C(=O)OCC)C(F)(F)F. The third-order valence-corrected chi connectivity index (χ3v) is 1.71. The molecular weight excluding hydrogens is 197 g/mol. The highest BCUT2D eigenvalue weighted by Gasteiger charge is 2.47. The van der Waals surface area contributed by atoms with Crippen LogP contribution < -0.4 is 0 Å². The molecule has 0 N–H and O–H groups in total. The summed E-state index contributed by atoms with van der Waals surface area (Å²) in [7, 11) is 0. The quantitative estimate of drug-likeness (QED) is 0.526. The molecule has 0 aliphatic rings. The Balaban J connectivity index is 4.73. The van der Waals surface area contributed by atoms with Crippen LogP contribution in [0, 0.1) is 5.92 Å². The summed E-state index contributed by atoms with van der Waals surface area (Å²) >= 11 is 0. The molecule has 0 aliphatic heterocycles. The van der Waals surface area contributed by atoms with Gasteiger partial charge in [-0.1, -0.05) is 19.1 Å². The molecule has 0 aliphatic carbocycles. The zero-order chi connectivity index (χ0) is 11.4. The molecule has 5 heteroatoms. The van der Waals surface area contributed by atoms with Gasteiger partial charge in [-0.25, -0.2) is 0 Å². The Bertz CT molecular complexity index is 221. The van der Waals surface area contributed by atoms with Gasteiger partial charge in [0.25, 0.3) is 0 Å². The molecule has 2 nitrogen and oxygen atoms in total. The van der Waals surface area contributed by atoms with Gasteiger partial charge in [0.1, 0.15) is 0 Å². The van der Waals surface area contributed by atoms with Crippen LogP contribution in [-0.4, -0.2) is 18.8 Å². The molecule has 0 amide bonds. The van der Waals surface area contributed by atoms with Crippen molar-refractivity contribution in [1.82, 2.24) is 0 Å². The van der Waals surface area contributed by atoms with E-state index in [0.717, 1.165) is 0 Å². The Labute approximate surface area is 80.7 Å². The molecule has 0 saturated carbocycles. The fraction of sp³-hybridized carbons (Fsp3) is 0.667. The number of hydrogen-bond acceptors (Lipinski definition) is 2. The van der Waals surface area contributed by atoms with Crippen LogP contribution in [0.1, 0.15) is 20.3 Å². The first-order valence-electron chi connectivity index (χ1n) is 4.25. The van der Waals surface area contributed by atoms with Gasteiger partial charge in [0.2, 0.25) is 0 Å². The first-order valence-corrected chi connectivity index (χ1v) is 4.25. The zero-order valence-corrected chi connectivity index (χ0v) is 8.15. The maximum atomic E-state index is 12.4. The summed E-state index contributed by atoms with van der Waals surface area (Å²) < 4.78 is 41.4. The summed E-state index contributed by atoms with van der Waals surface area (Å²) in [5.74, 6) is -3.46. The Kier molecular flexibility index (Phi) is 4.67. The molecule has 0 saturated heterocycles. The molecule has 0 aromatic heterocycles. The van der Waals surface area contributed by atoms with Gasteiger partial charge in [-0.2, -0.15) is 13.2 Å². The molecule has 14 heavy (non-hydrogen) atoms. The van der Waals surface area contributed by atoms with Crippen LogP contribution in [0.4, 0.5) is 13.2 Å². The molecule has 0 aromatic carbocycles. The second kappa shape index (κ2) is 5.02. The molecular formula is C9H13F3O2. The lowest BCUT2D eigenvalue weighted by Gasteiger charge is -2.19. The molecule has 0 rings (SSSR count). The Morgan fingerprint density at radius 3 is 2.21 bits per heavy atom. The summed E-state index contributed by atoms with van der Waals surface area (Å²) in [6.45, 7) is 6.13. The number of halogens is 3. The van der Waals surface area contributed by atoms with Crippen LogP contribution in [0.3, 0.4) is 0 Å². The van der Waals surface area contributed by atoms with Crippen LogP contribution in [-0.2, 0) is 9.53 Å². The maximum Gasteiger partial charge on any atom is 0.405 e. The molecule has 1 unspecified atom stereocenters. The molecule has 0 fully saturated rings. The highest BCUT2D eigenvalue weighted by atomic mass is 19.4. The zero-order valence-electron chi connectivity index (χ0n) is 8.15. The van der Waals surface area contributed by atoms with E-state index < -0.39 is 18.1 Å². The van der Waals surface area contributed by atoms with E-state index in [9.17, 15) is 18.0 Å². The number of carbonyl (C=O) groups is 1. The van der Waals surface area contributed by atoms with Gasteiger partial charge in [-0.05, 0) is 13.3 Å². The summed E-state index contributed by atoms with van der Waals surface area (Å²) in [6.07, 6.45) is -4.51. The summed E-state index contributed by atoms with van der Waals surface area (Å²) in [6, 6.07) is 0. The van der Waals surface area contributed by atoms with E-state index in [1.807, 2.05) is 0 Å². The minimum Gasteiger partial charge on any atom is -0.465 e. The van der Waals surface area contributed by atoms with Crippen molar-refractivity contribution in [3.05, 3.63) is 12.2 Å². The number of alkyl halides is 3. The minimum absolute atomic E-state index is 0.0671. The average Bonchev–Trinajstić information content (AvgIpc) is 2.02. The Morgan fingerprint density at radius 2 is 1.93 bits per heavy atom. The van der Waals surface area contributed by atoms with Crippen molar-refractivity contribution in [2.24, 2.45) is 5.92 Å². The van der Waals surface area contributed by atoms with Crippen molar-refractivity contribution in [3.63, 3.8) is 0 Å². The fourth-order valence-electron chi connectivity index (χ4n) is 0.961. The third-order valence-electron chi connectivity index (χ3n) is 1.71. The first-order chi connectivity index (χ1) is 6.34. The van der Waals surface area contributed by atoms with E-state index in [4.69, 9.17) is 0 Å². The van der Waals surface area contributed by atoms with E-state index in [1.165, 1.54) is 13.8 Å². The lowest BCUT2D eigenvalue weighted by atomic mass is 9.98. The van der Waals surface area contributed by atoms with Gasteiger partial charge in [0.05, 0.1) is 6.61 Å². The van der Waals surface area contributed by atoms with Gasteiger partial charge < -0.3 is 4.74 Å². The van der Waals surface area contributed by atoms with Crippen LogP contribution in [0.15, 0.2) is 12.2 Å². The van der Waals surface area contributed by atoms with E-state index in [2.05, 4.69) is 11.3 Å². The molecule has 0 bridgehead atoms. The molecule has 0 heterocycles. The second-order valence-corrected chi connectivity index (χ2v) is 2.74. The molecule has 82 valence electrons. The van der Waals surface area contributed by atoms with Crippen molar-refractivity contribution in [2.45, 2.75) is 26.4 Å². The van der Waals surface area contributed by atoms with E-state index in [-0.39, 0.29) is 18.6 Å². The van der Waals surface area contributed by atoms with Crippen LogP contribution in [0.25, 0.3) is 0 Å². The molecule has 0 aromatic rings. The fourth-order valence-corrected chi connectivity index (χ4v) is 0.961. The number of carbonyl (C=O) groups excluding carboxylic acids is 1. The lowest BCUT2D eigenvalue weighted by molar-refractivity contribution is -0.190. The average molecular weight is 210 g/mol. The van der Waals surface area contributed by atoms with Gasteiger partial charge in [-0.15, -0.1) is 0 Å². The summed E-state index contributed by atoms with van der Waals surface area (Å²) in [5, 5.41) is 0. The topological polar surface area (TPSA) is 26.3 Å². The van der Waals surface area contributed by atoms with Crippen molar-refractivity contribution >= 4 is 5.97 Å². The van der Waals surface area contributed by atoms with E-state index in [1.54, 1.807) is 0 Å². The van der Waals surface area contributed by atoms with Gasteiger partial charge in [0.15, 0.2) is 5.92 Å². The van der Waals surface area contributed by atoms with Gasteiger partial charge in [-0.3, -0.25) is 4.79 Å². The van der Waals surface area contributed by atoms with Crippen LogP contribution in [0.5, 0.6) is 0 Å². The largest absolute Gasteiger partial charge is 0.465 e. The number of ether oxygens (including phenoxy) is 1. The molecule has 0 radical (unpaired) electrons. The van der Waals surface area contributed by atoms with Crippen molar-refractivity contribution in [2.75, 3.05) is 6.61 Å². The second-order valence-electron chi connectivity index (χ2n) is 2.74. The van der Waals surface area contributed by atoms with E-state index >= 15 is 0 Å². The predicted molar refractivity (Wildman–Crippen MR) is 45.6 cm³/mol. The minimum atomic E-state index is -4.61. The van der Waals surface area contributed by atoms with E-state index in [0.29, 0.717) is 0 Å². The smallest absolute Gasteiger partial charge is 0.405 e. The van der Waals surface area contributed by atoms with Crippen molar-refractivity contribution in [3.8, 4) is 0 Å². The Morgan fingerprint density at radius 1 is 1.43 bits per heavy atom. The lowest BCUT2D eigenvalue weighted by Crippen LogP contribution is -2.33. The monoisotopic (exact) mass is 210 g/mol. The van der Waals surface area contributed by atoms with Crippen molar-refractivity contribution < 1.29 is 22.7 Å². The highest BCUT2D eigenvalue weighted by Crippen LogP contribution is 2.33. The molecule has 0 spiro atoms. The highest BCUT2D eigenvalue weighted by molar-refractivity contribution is 5.76. The number of hydrogen-bond donors (Lipinski definition) is 0. The normalized spacial score (nSPS) is 13.5. The van der Waals surface area contributed by atoms with Crippen molar-refractivity contribution in [1.29, 1.82) is 0 Å². The first kappa shape index (κ1) is 13.0. The third kappa shape index (κ3) is 3.40. The maximum absolute atomic E-state index is 12.4. The van der Waals surface area contributed by atoms with Crippen LogP contribution in [0.2, 0.25) is 0 Å². The number of rotatable bonds is 4. The van der Waals surface area contributed by atoms with Crippen LogP contribution >= 0.6 is 0 Å². The molecule has 1 atom stereocenters. The number of esters is 1. The Hall–Kier alpha value is -1.00. The summed E-state index contributed by atoms with van der Waals surface area (Å²) in [5.41, 5.74) is -0.170.